The lowest BCUT2D eigenvalue weighted by Crippen LogP contribution is -2.37. The van der Waals surface area contributed by atoms with Gasteiger partial charge < -0.3 is 15.1 Å². The van der Waals surface area contributed by atoms with Crippen molar-refractivity contribution in [3.05, 3.63) is 23.9 Å². The van der Waals surface area contributed by atoms with Crippen molar-refractivity contribution in [1.29, 1.82) is 0 Å². The average molecular weight is 344 g/mol. The number of rotatable bonds is 5. The van der Waals surface area contributed by atoms with Gasteiger partial charge in [-0.1, -0.05) is 0 Å². The maximum absolute atomic E-state index is 12.4. The predicted molar refractivity (Wildman–Crippen MR) is 81.2 cm³/mol. The van der Waals surface area contributed by atoms with Gasteiger partial charge in [0.15, 0.2) is 0 Å². The van der Waals surface area contributed by atoms with Crippen LogP contribution in [0.2, 0.25) is 0 Å². The summed E-state index contributed by atoms with van der Waals surface area (Å²) in [5.74, 6) is -1.09. The van der Waals surface area contributed by atoms with E-state index in [1.807, 2.05) is 19.0 Å². The molecule has 1 aromatic heterocycles. The number of hydrogen-bond acceptors (Lipinski definition) is 4. The Hall–Kier alpha value is -2.32. The maximum Gasteiger partial charge on any atom is 0.406 e. The molecule has 2 heterocycles. The van der Waals surface area contributed by atoms with Crippen molar-refractivity contribution in [2.45, 2.75) is 19.1 Å². The monoisotopic (exact) mass is 344 g/mol. The summed E-state index contributed by atoms with van der Waals surface area (Å²) in [7, 11) is 3.67. The first-order chi connectivity index (χ1) is 11.2. The van der Waals surface area contributed by atoms with Crippen LogP contribution in [-0.4, -0.2) is 55.1 Å². The van der Waals surface area contributed by atoms with Crippen LogP contribution in [0.3, 0.4) is 0 Å². The minimum absolute atomic E-state index is 0.193. The third-order valence-electron chi connectivity index (χ3n) is 3.69. The summed E-state index contributed by atoms with van der Waals surface area (Å²) in [6.07, 6.45) is -3.04. The molecule has 2 rings (SSSR count). The molecule has 2 amide bonds. The van der Waals surface area contributed by atoms with Crippen LogP contribution in [-0.2, 0) is 16.1 Å². The maximum atomic E-state index is 12.4. The highest BCUT2D eigenvalue weighted by Crippen LogP contribution is 2.24. The van der Waals surface area contributed by atoms with Crippen molar-refractivity contribution in [2.24, 2.45) is 5.92 Å². The molecule has 9 heteroatoms. The van der Waals surface area contributed by atoms with Crippen molar-refractivity contribution in [3.8, 4) is 0 Å². The number of amides is 2. The van der Waals surface area contributed by atoms with Crippen LogP contribution in [0.15, 0.2) is 18.3 Å². The van der Waals surface area contributed by atoms with E-state index in [0.29, 0.717) is 4.90 Å². The van der Waals surface area contributed by atoms with Gasteiger partial charge in [-0.2, -0.15) is 13.2 Å². The molecule has 1 aliphatic rings. The molecule has 6 nitrogen and oxygen atoms in total. The van der Waals surface area contributed by atoms with E-state index in [1.165, 1.54) is 0 Å². The molecular formula is C15H19F3N4O2. The molecule has 24 heavy (non-hydrogen) atoms. The van der Waals surface area contributed by atoms with Crippen LogP contribution in [0.4, 0.5) is 19.0 Å². The van der Waals surface area contributed by atoms with E-state index in [2.05, 4.69) is 10.3 Å². The molecule has 1 fully saturated rings. The number of nitrogens with one attached hydrogen (secondary N) is 1. The predicted octanol–water partition coefficient (Wildman–Crippen LogP) is 1.17. The molecule has 0 radical (unpaired) electrons. The zero-order chi connectivity index (χ0) is 17.9. The van der Waals surface area contributed by atoms with Crippen LogP contribution in [0, 0.1) is 5.92 Å². The molecule has 0 unspecified atom stereocenters. The molecule has 1 atom stereocenters. The summed E-state index contributed by atoms with van der Waals surface area (Å²) in [6.45, 7) is -1.29. The second-order valence-electron chi connectivity index (χ2n) is 5.93. The summed E-state index contributed by atoms with van der Waals surface area (Å²) >= 11 is 0. The molecule has 0 aliphatic carbocycles. The molecule has 1 saturated heterocycles. The van der Waals surface area contributed by atoms with Gasteiger partial charge in [0.1, 0.15) is 12.4 Å². The lowest BCUT2D eigenvalue weighted by atomic mass is 10.1. The Morgan fingerprint density at radius 3 is 2.79 bits per heavy atom. The van der Waals surface area contributed by atoms with Crippen molar-refractivity contribution in [2.75, 3.05) is 32.1 Å². The van der Waals surface area contributed by atoms with E-state index in [-0.39, 0.29) is 19.5 Å². The quantitative estimate of drug-likeness (QED) is 0.871. The van der Waals surface area contributed by atoms with Gasteiger partial charge in [0.25, 0.3) is 0 Å². The van der Waals surface area contributed by atoms with E-state index >= 15 is 0 Å². The molecule has 132 valence electrons. The zero-order valence-corrected chi connectivity index (χ0v) is 13.4. The number of halogens is 3. The van der Waals surface area contributed by atoms with E-state index in [4.69, 9.17) is 0 Å². The summed E-state index contributed by atoms with van der Waals surface area (Å²) in [6, 6.07) is 3.54. The van der Waals surface area contributed by atoms with E-state index in [9.17, 15) is 22.8 Å². The summed E-state index contributed by atoms with van der Waals surface area (Å²) in [5.41, 5.74) is 0.818. The second-order valence-corrected chi connectivity index (χ2v) is 5.93. The van der Waals surface area contributed by atoms with Crippen molar-refractivity contribution < 1.29 is 22.8 Å². The van der Waals surface area contributed by atoms with E-state index in [1.54, 1.807) is 18.3 Å². The number of nitrogens with zero attached hydrogens (tertiary/aromatic N) is 3. The molecule has 0 spiro atoms. The summed E-state index contributed by atoms with van der Waals surface area (Å²) < 4.78 is 37.1. The molecule has 0 bridgehead atoms. The van der Waals surface area contributed by atoms with Gasteiger partial charge in [-0.3, -0.25) is 9.59 Å². The number of aromatic nitrogens is 1. The highest BCUT2D eigenvalue weighted by atomic mass is 19.4. The Morgan fingerprint density at radius 2 is 2.17 bits per heavy atom. The Labute approximate surface area is 137 Å². The third kappa shape index (κ3) is 4.84. The Balaban J connectivity index is 1.89. The number of likely N-dealkylation sites (tertiary alicyclic amines) is 1. The lowest BCUT2D eigenvalue weighted by Gasteiger charge is -2.18. The van der Waals surface area contributed by atoms with Gasteiger partial charge in [0, 0.05) is 39.8 Å². The fourth-order valence-electron chi connectivity index (χ4n) is 2.47. The Morgan fingerprint density at radius 1 is 1.46 bits per heavy atom. The molecule has 1 aliphatic heterocycles. The van der Waals surface area contributed by atoms with E-state index < -0.39 is 30.5 Å². The number of anilines is 1. The number of carbonyl (C=O) groups is 2. The average Bonchev–Trinajstić information content (AvgIpc) is 2.84. The minimum atomic E-state index is -4.46. The van der Waals surface area contributed by atoms with Crippen molar-refractivity contribution in [1.82, 2.24) is 15.2 Å². The fraction of sp³-hybridized carbons (Fsp3) is 0.533. The number of pyridine rings is 1. The SMILES string of the molecule is CN(C)c1cc(CNC(=O)[C@H]2CC(=O)N(CC(F)(F)F)C2)ccn1. The summed E-state index contributed by atoms with van der Waals surface area (Å²) in [5, 5.41) is 2.67. The second kappa shape index (κ2) is 7.06. The lowest BCUT2D eigenvalue weighted by molar-refractivity contribution is -0.157. The molecule has 1 aromatic rings. The first-order valence-corrected chi connectivity index (χ1v) is 7.40. The molecule has 0 aromatic carbocycles. The van der Waals surface area contributed by atoms with Crippen LogP contribution in [0.5, 0.6) is 0 Å². The van der Waals surface area contributed by atoms with Crippen molar-refractivity contribution >= 4 is 17.6 Å². The van der Waals surface area contributed by atoms with Gasteiger partial charge >= 0.3 is 6.18 Å². The normalized spacial score (nSPS) is 18.0. The van der Waals surface area contributed by atoms with Gasteiger partial charge in [-0.05, 0) is 17.7 Å². The van der Waals surface area contributed by atoms with Crippen LogP contribution in [0.1, 0.15) is 12.0 Å². The van der Waals surface area contributed by atoms with Gasteiger partial charge in [0.2, 0.25) is 11.8 Å². The zero-order valence-electron chi connectivity index (χ0n) is 13.4. The van der Waals surface area contributed by atoms with Gasteiger partial charge in [-0.25, -0.2) is 4.98 Å². The Kier molecular flexibility index (Phi) is 5.30. The number of alkyl halides is 3. The number of carbonyl (C=O) groups excluding carboxylic acids is 2. The topological polar surface area (TPSA) is 65.5 Å². The molecular weight excluding hydrogens is 325 g/mol. The van der Waals surface area contributed by atoms with E-state index in [0.717, 1.165) is 11.4 Å². The third-order valence-corrected chi connectivity index (χ3v) is 3.69. The first kappa shape index (κ1) is 18.0. The van der Waals surface area contributed by atoms with Gasteiger partial charge in [-0.15, -0.1) is 0 Å². The van der Waals surface area contributed by atoms with Gasteiger partial charge in [0.05, 0.1) is 5.92 Å². The summed E-state index contributed by atoms with van der Waals surface area (Å²) in [4.78, 5) is 30.3. The van der Waals surface area contributed by atoms with Crippen molar-refractivity contribution in [3.63, 3.8) is 0 Å². The van der Waals surface area contributed by atoms with Crippen LogP contribution in [0.25, 0.3) is 0 Å². The fourth-order valence-corrected chi connectivity index (χ4v) is 2.47. The largest absolute Gasteiger partial charge is 0.406 e. The molecule has 0 saturated carbocycles. The Bertz CT molecular complexity index is 619. The minimum Gasteiger partial charge on any atom is -0.363 e. The standard InChI is InChI=1S/C15H19F3N4O2/c1-21(2)12-5-10(3-4-19-12)7-20-14(24)11-6-13(23)22(8-11)9-15(16,17)18/h3-5,11H,6-9H2,1-2H3,(H,20,24)/t11-/m0/s1. The highest BCUT2D eigenvalue weighted by Gasteiger charge is 2.40. The highest BCUT2D eigenvalue weighted by molar-refractivity contribution is 5.89. The smallest absolute Gasteiger partial charge is 0.363 e. The first-order valence-electron chi connectivity index (χ1n) is 7.40. The van der Waals surface area contributed by atoms with Crippen LogP contribution >= 0.6 is 0 Å². The number of hydrogen-bond donors (Lipinski definition) is 1. The molecule has 1 N–H and O–H groups in total. The van der Waals surface area contributed by atoms with Crippen LogP contribution < -0.4 is 10.2 Å².